The molecule has 0 radical (unpaired) electrons. The molecule has 0 N–H and O–H groups in total. The highest BCUT2D eigenvalue weighted by Gasteiger charge is 2.27. The molecule has 164 valence electrons. The van der Waals surface area contributed by atoms with Crippen LogP contribution in [0.2, 0.25) is 0 Å². The quantitative estimate of drug-likeness (QED) is 0.399. The minimum absolute atomic E-state index is 0.670. The minimum atomic E-state index is 0.670. The van der Waals surface area contributed by atoms with Crippen molar-refractivity contribution in [3.63, 3.8) is 0 Å². The number of methoxy groups -OCH3 is 1. The monoisotopic (exact) mass is 421 g/mol. The zero-order valence-electron chi connectivity index (χ0n) is 19.1. The lowest BCUT2D eigenvalue weighted by molar-refractivity contribution is 0.215. The van der Waals surface area contributed by atoms with E-state index in [0.717, 1.165) is 71.8 Å². The minimum Gasteiger partial charge on any atom is -0.497 e. The second-order valence-electron chi connectivity index (χ2n) is 8.01. The zero-order chi connectivity index (χ0) is 22.0. The molecule has 2 heterocycles. The van der Waals surface area contributed by atoms with Crippen molar-refractivity contribution < 1.29 is 9.57 Å². The molecular weight excluding hydrogens is 390 g/mol. The predicted octanol–water partition coefficient (Wildman–Crippen LogP) is 4.36. The zero-order valence-corrected chi connectivity index (χ0v) is 19.1. The molecular formula is C24H31N5O2. The van der Waals surface area contributed by atoms with Gasteiger partial charge in [0, 0.05) is 23.4 Å². The van der Waals surface area contributed by atoms with Gasteiger partial charge in [-0.1, -0.05) is 18.1 Å². The molecule has 2 aromatic heterocycles. The lowest BCUT2D eigenvalue weighted by Gasteiger charge is -2.25. The molecule has 1 aliphatic rings. The smallest absolute Gasteiger partial charge is 0.165 e. The molecule has 7 heteroatoms. The molecule has 0 saturated carbocycles. The second kappa shape index (κ2) is 8.96. The van der Waals surface area contributed by atoms with Gasteiger partial charge in [0.2, 0.25) is 0 Å². The number of hydrogen-bond donors (Lipinski definition) is 0. The van der Waals surface area contributed by atoms with Gasteiger partial charge in [-0.2, -0.15) is 9.61 Å². The fraction of sp³-hybridized carbons (Fsp3) is 0.458. The van der Waals surface area contributed by atoms with Crippen LogP contribution in [0.15, 0.2) is 23.4 Å². The van der Waals surface area contributed by atoms with E-state index >= 15 is 0 Å². The summed E-state index contributed by atoms with van der Waals surface area (Å²) in [5, 5.41) is 8.95. The predicted molar refractivity (Wildman–Crippen MR) is 124 cm³/mol. The number of ether oxygens (including phenoxy) is 1. The average molecular weight is 422 g/mol. The Balaban J connectivity index is 1.94. The van der Waals surface area contributed by atoms with E-state index in [1.54, 1.807) is 14.2 Å². The normalized spacial score (nSPS) is 13.2. The third-order valence-corrected chi connectivity index (χ3v) is 5.91. The molecule has 1 aliphatic carbocycles. The Morgan fingerprint density at radius 1 is 1.23 bits per heavy atom. The van der Waals surface area contributed by atoms with Gasteiger partial charge in [-0.3, -0.25) is 0 Å². The summed E-state index contributed by atoms with van der Waals surface area (Å²) in [6.45, 7) is 7.96. The SMILES string of the molecule is CCCN(C/C=N/OC)c1c2c(nc3c(-c4ccc(OC)cc4C)c(C)nn13)CCC2. The molecule has 31 heavy (non-hydrogen) atoms. The van der Waals surface area contributed by atoms with Crippen molar-refractivity contribution in [2.75, 3.05) is 32.2 Å². The van der Waals surface area contributed by atoms with Gasteiger partial charge in [-0.05, 0) is 62.8 Å². The summed E-state index contributed by atoms with van der Waals surface area (Å²) in [5.74, 6) is 2.00. The fourth-order valence-corrected chi connectivity index (χ4v) is 4.56. The van der Waals surface area contributed by atoms with Gasteiger partial charge in [-0.15, -0.1) is 0 Å². The van der Waals surface area contributed by atoms with Crippen LogP contribution in [-0.4, -0.2) is 48.1 Å². The highest BCUT2D eigenvalue weighted by molar-refractivity contribution is 5.84. The fourth-order valence-electron chi connectivity index (χ4n) is 4.56. The number of aryl methyl sites for hydroxylation is 3. The summed E-state index contributed by atoms with van der Waals surface area (Å²) in [4.78, 5) is 12.4. The first-order chi connectivity index (χ1) is 15.1. The largest absolute Gasteiger partial charge is 0.497 e. The van der Waals surface area contributed by atoms with Crippen LogP contribution in [0.3, 0.4) is 0 Å². The van der Waals surface area contributed by atoms with Gasteiger partial charge < -0.3 is 14.5 Å². The van der Waals surface area contributed by atoms with E-state index in [9.17, 15) is 0 Å². The molecule has 0 unspecified atom stereocenters. The number of fused-ring (bicyclic) bond motifs is 2. The van der Waals surface area contributed by atoms with E-state index in [1.807, 2.05) is 12.3 Å². The van der Waals surface area contributed by atoms with Gasteiger partial charge in [0.1, 0.15) is 18.7 Å². The number of oxime groups is 1. The Bertz CT molecular complexity index is 1120. The number of anilines is 1. The van der Waals surface area contributed by atoms with Crippen LogP contribution in [-0.2, 0) is 17.7 Å². The van der Waals surface area contributed by atoms with Crippen molar-refractivity contribution in [1.82, 2.24) is 14.6 Å². The van der Waals surface area contributed by atoms with Gasteiger partial charge in [-0.25, -0.2) is 4.98 Å². The lowest BCUT2D eigenvalue weighted by atomic mass is 10.0. The molecule has 0 spiro atoms. The number of hydrogen-bond acceptors (Lipinski definition) is 6. The first kappa shape index (κ1) is 21.2. The molecule has 3 aromatic rings. The summed E-state index contributed by atoms with van der Waals surface area (Å²) in [6, 6.07) is 6.18. The first-order valence-corrected chi connectivity index (χ1v) is 10.9. The molecule has 4 rings (SSSR count). The Kier molecular flexibility index (Phi) is 6.11. The Labute approximate surface area is 183 Å². The summed E-state index contributed by atoms with van der Waals surface area (Å²) in [6.07, 6.45) is 6.02. The van der Waals surface area contributed by atoms with E-state index in [-0.39, 0.29) is 0 Å². The summed E-state index contributed by atoms with van der Waals surface area (Å²) in [7, 11) is 3.27. The second-order valence-corrected chi connectivity index (χ2v) is 8.01. The van der Waals surface area contributed by atoms with E-state index in [1.165, 1.54) is 11.3 Å². The average Bonchev–Trinajstić information content (AvgIpc) is 3.35. The summed E-state index contributed by atoms with van der Waals surface area (Å²) >= 11 is 0. The van der Waals surface area contributed by atoms with E-state index in [4.69, 9.17) is 19.7 Å². The molecule has 0 atom stereocenters. The molecule has 7 nitrogen and oxygen atoms in total. The van der Waals surface area contributed by atoms with Gasteiger partial charge >= 0.3 is 0 Å². The molecule has 0 fully saturated rings. The van der Waals surface area contributed by atoms with Crippen molar-refractivity contribution in [1.29, 1.82) is 0 Å². The molecule has 0 bridgehead atoms. The standard InChI is InChI=1S/C24H31N5O2/c1-6-13-28(14-12-25-31-5)24-20-8-7-9-21(20)26-23-22(17(3)27-29(23)24)19-11-10-18(30-4)15-16(19)2/h10-12,15H,6-9,13-14H2,1-5H3/b25-12+. The maximum Gasteiger partial charge on any atom is 0.165 e. The Hall–Kier alpha value is -3.09. The molecule has 0 saturated heterocycles. The van der Waals surface area contributed by atoms with Crippen LogP contribution in [0.25, 0.3) is 16.8 Å². The highest BCUT2D eigenvalue weighted by atomic mass is 16.6. The van der Waals surface area contributed by atoms with Crippen LogP contribution in [0.1, 0.15) is 42.3 Å². The Morgan fingerprint density at radius 3 is 2.77 bits per heavy atom. The summed E-state index contributed by atoms with van der Waals surface area (Å²) < 4.78 is 7.45. The maximum atomic E-state index is 5.40. The molecule has 1 aromatic carbocycles. The van der Waals surface area contributed by atoms with Crippen LogP contribution in [0.4, 0.5) is 5.82 Å². The van der Waals surface area contributed by atoms with Crippen molar-refractivity contribution in [2.45, 2.75) is 46.5 Å². The summed E-state index contributed by atoms with van der Waals surface area (Å²) in [5.41, 5.74) is 7.80. The molecule has 0 amide bonds. The van der Waals surface area contributed by atoms with Gasteiger partial charge in [0.05, 0.1) is 25.6 Å². The topological polar surface area (TPSA) is 64.2 Å². The van der Waals surface area contributed by atoms with Gasteiger partial charge in [0.15, 0.2) is 5.65 Å². The van der Waals surface area contributed by atoms with E-state index < -0.39 is 0 Å². The van der Waals surface area contributed by atoms with Crippen molar-refractivity contribution in [3.05, 3.63) is 40.7 Å². The number of nitrogens with zero attached hydrogens (tertiary/aromatic N) is 5. The van der Waals surface area contributed by atoms with Crippen molar-refractivity contribution >= 4 is 17.7 Å². The maximum absolute atomic E-state index is 5.40. The number of aromatic nitrogens is 3. The lowest BCUT2D eigenvalue weighted by Crippen LogP contribution is -2.30. The highest BCUT2D eigenvalue weighted by Crippen LogP contribution is 2.37. The van der Waals surface area contributed by atoms with Gasteiger partial charge in [0.25, 0.3) is 0 Å². The number of benzene rings is 1. The van der Waals surface area contributed by atoms with Crippen LogP contribution in [0.5, 0.6) is 5.75 Å². The van der Waals surface area contributed by atoms with Crippen LogP contribution >= 0.6 is 0 Å². The molecule has 0 aliphatic heterocycles. The first-order valence-electron chi connectivity index (χ1n) is 10.9. The van der Waals surface area contributed by atoms with Crippen molar-refractivity contribution in [3.8, 4) is 16.9 Å². The van der Waals surface area contributed by atoms with Crippen LogP contribution < -0.4 is 9.64 Å². The van der Waals surface area contributed by atoms with Crippen molar-refractivity contribution in [2.24, 2.45) is 5.16 Å². The third kappa shape index (κ3) is 3.84. The number of rotatable bonds is 8. The Morgan fingerprint density at radius 2 is 2.06 bits per heavy atom. The third-order valence-electron chi connectivity index (χ3n) is 5.91. The van der Waals surface area contributed by atoms with E-state index in [0.29, 0.717) is 6.54 Å². The van der Waals surface area contributed by atoms with E-state index in [2.05, 4.69) is 47.5 Å². The van der Waals surface area contributed by atoms with Crippen LogP contribution in [0, 0.1) is 13.8 Å².